The maximum atomic E-state index is 14.0. The fourth-order valence-corrected chi connectivity index (χ4v) is 5.53. The largest absolute Gasteiger partial charge is 0.493 e. The van der Waals surface area contributed by atoms with E-state index in [1.54, 1.807) is 12.0 Å². The van der Waals surface area contributed by atoms with Gasteiger partial charge >= 0.3 is 0 Å². The summed E-state index contributed by atoms with van der Waals surface area (Å²) in [5.74, 6) is 0.906. The fourth-order valence-electron chi connectivity index (χ4n) is 5.53. The Kier molecular flexibility index (Phi) is 6.61. The van der Waals surface area contributed by atoms with Crippen LogP contribution in [-0.2, 0) is 11.3 Å². The molecule has 0 aliphatic carbocycles. The summed E-state index contributed by atoms with van der Waals surface area (Å²) in [4.78, 5) is 29.4. The van der Waals surface area contributed by atoms with E-state index in [1.807, 2.05) is 74.5 Å². The van der Waals surface area contributed by atoms with Crippen LogP contribution in [-0.4, -0.2) is 37.2 Å². The van der Waals surface area contributed by atoms with E-state index in [-0.39, 0.29) is 23.2 Å². The number of hydrogen-bond acceptors (Lipinski definition) is 6. The highest BCUT2D eigenvalue weighted by Gasteiger charge is 2.44. The highest BCUT2D eigenvalue weighted by Crippen LogP contribution is 2.42. The molecule has 1 fully saturated rings. The molecule has 0 spiro atoms. The molecule has 0 radical (unpaired) electrons. The molecule has 1 amide bonds. The number of benzene rings is 3. The number of nitrogens with zero attached hydrogens (tertiary/aromatic N) is 1. The maximum absolute atomic E-state index is 14.0. The second kappa shape index (κ2) is 10.2. The van der Waals surface area contributed by atoms with E-state index in [2.05, 4.69) is 0 Å². The Bertz CT molecular complexity index is 1600. The Hall–Kier alpha value is -4.10. The van der Waals surface area contributed by atoms with E-state index in [4.69, 9.17) is 18.6 Å². The molecule has 0 saturated carbocycles. The molecule has 4 aromatic rings. The quantitative estimate of drug-likeness (QED) is 0.307. The Morgan fingerprint density at radius 2 is 1.77 bits per heavy atom. The number of fused-ring (bicyclic) bond motifs is 2. The molecule has 2 unspecified atom stereocenters. The molecule has 2 aliphatic heterocycles. The molecule has 0 N–H and O–H groups in total. The number of hydrogen-bond donors (Lipinski definition) is 0. The van der Waals surface area contributed by atoms with E-state index < -0.39 is 6.04 Å². The van der Waals surface area contributed by atoms with Crippen LogP contribution >= 0.6 is 0 Å². The average molecular weight is 526 g/mol. The van der Waals surface area contributed by atoms with Crippen LogP contribution in [0, 0.1) is 13.8 Å². The monoisotopic (exact) mass is 525 g/mol. The normalized spacial score (nSPS) is 18.5. The van der Waals surface area contributed by atoms with Gasteiger partial charge in [-0.15, -0.1) is 0 Å². The van der Waals surface area contributed by atoms with Gasteiger partial charge in [0.05, 0.1) is 30.2 Å². The number of carbonyl (C=O) groups is 1. The third-order valence-corrected chi connectivity index (χ3v) is 7.75. The van der Waals surface area contributed by atoms with Crippen LogP contribution in [0.15, 0.2) is 69.9 Å². The van der Waals surface area contributed by atoms with Gasteiger partial charge in [-0.3, -0.25) is 9.59 Å². The summed E-state index contributed by atoms with van der Waals surface area (Å²) < 4.78 is 23.8. The van der Waals surface area contributed by atoms with E-state index in [0.29, 0.717) is 47.8 Å². The number of ether oxygens (including phenoxy) is 3. The van der Waals surface area contributed by atoms with Crippen LogP contribution in [0.5, 0.6) is 11.5 Å². The third-order valence-electron chi connectivity index (χ3n) is 7.75. The molecular formula is C32H31NO6. The molecule has 7 heteroatoms. The average Bonchev–Trinajstić information content (AvgIpc) is 3.56. The van der Waals surface area contributed by atoms with E-state index >= 15 is 0 Å². The van der Waals surface area contributed by atoms with Crippen LogP contribution in [0.25, 0.3) is 11.0 Å². The van der Waals surface area contributed by atoms with Crippen molar-refractivity contribution in [3.63, 3.8) is 0 Å². The lowest BCUT2D eigenvalue weighted by Crippen LogP contribution is -2.36. The van der Waals surface area contributed by atoms with Crippen molar-refractivity contribution in [2.24, 2.45) is 0 Å². The second-order valence-electron chi connectivity index (χ2n) is 10.3. The van der Waals surface area contributed by atoms with Crippen molar-refractivity contribution in [1.29, 1.82) is 0 Å². The predicted octanol–water partition coefficient (Wildman–Crippen LogP) is 5.72. The lowest BCUT2D eigenvalue weighted by atomic mass is 9.97. The Balaban J connectivity index is 1.44. The van der Waals surface area contributed by atoms with Gasteiger partial charge in [-0.1, -0.05) is 36.4 Å². The van der Waals surface area contributed by atoms with Crippen molar-refractivity contribution in [3.8, 4) is 11.5 Å². The summed E-state index contributed by atoms with van der Waals surface area (Å²) >= 11 is 0. The predicted molar refractivity (Wildman–Crippen MR) is 148 cm³/mol. The van der Waals surface area contributed by atoms with Crippen molar-refractivity contribution in [1.82, 2.24) is 4.90 Å². The zero-order valence-electron chi connectivity index (χ0n) is 22.4. The minimum atomic E-state index is -0.629. The highest BCUT2D eigenvalue weighted by atomic mass is 16.5. The topological polar surface area (TPSA) is 78.2 Å². The molecule has 1 aromatic heterocycles. The molecule has 200 valence electrons. The zero-order valence-corrected chi connectivity index (χ0v) is 22.4. The Labute approximate surface area is 226 Å². The third kappa shape index (κ3) is 4.57. The molecular weight excluding hydrogens is 494 g/mol. The smallest absolute Gasteiger partial charge is 0.291 e. The van der Waals surface area contributed by atoms with E-state index in [1.165, 1.54) is 0 Å². The van der Waals surface area contributed by atoms with Crippen molar-refractivity contribution in [2.75, 3.05) is 20.3 Å². The van der Waals surface area contributed by atoms with Gasteiger partial charge in [-0.05, 0) is 73.2 Å². The van der Waals surface area contributed by atoms with Crippen molar-refractivity contribution in [2.45, 2.75) is 45.4 Å². The maximum Gasteiger partial charge on any atom is 0.291 e. The van der Waals surface area contributed by atoms with Crippen LogP contribution < -0.4 is 14.9 Å². The number of carbonyl (C=O) groups excluding carboxylic acids is 1. The fraction of sp³-hybridized carbons (Fsp3) is 0.312. The summed E-state index contributed by atoms with van der Waals surface area (Å²) in [5.41, 5.74) is 4.37. The standard InChI is InChI=1S/C32H31NO6/c1-19-14-24-26(15-20(19)2)39-31-28(30(24)34)29(33(32(31)35)17-23-10-7-13-37-23)22-11-12-25(27(16-22)36-3)38-18-21-8-5-4-6-9-21/h4-6,8-9,11-12,14-16,23,29H,7,10,13,17-18H2,1-3H3. The molecule has 2 atom stereocenters. The first kappa shape index (κ1) is 25.2. The highest BCUT2D eigenvalue weighted by molar-refractivity contribution is 5.99. The lowest BCUT2D eigenvalue weighted by Gasteiger charge is -2.28. The van der Waals surface area contributed by atoms with Crippen LogP contribution in [0.2, 0.25) is 0 Å². The number of amides is 1. The van der Waals surface area contributed by atoms with Crippen molar-refractivity contribution >= 4 is 16.9 Å². The van der Waals surface area contributed by atoms with Gasteiger partial charge in [0.15, 0.2) is 16.9 Å². The molecule has 2 aliphatic rings. The zero-order chi connectivity index (χ0) is 27.1. The number of aryl methyl sites for hydroxylation is 2. The summed E-state index contributed by atoms with van der Waals surface area (Å²) in [6.07, 6.45) is 1.73. The number of methoxy groups -OCH3 is 1. The van der Waals surface area contributed by atoms with Crippen molar-refractivity contribution < 1.29 is 23.4 Å². The molecule has 7 nitrogen and oxygen atoms in total. The van der Waals surface area contributed by atoms with Gasteiger partial charge in [-0.2, -0.15) is 0 Å². The first-order valence-corrected chi connectivity index (χ1v) is 13.3. The summed E-state index contributed by atoms with van der Waals surface area (Å²) in [6, 6.07) is 18.5. The first-order valence-electron chi connectivity index (χ1n) is 13.3. The number of rotatable bonds is 7. The van der Waals surface area contributed by atoms with Gasteiger partial charge in [0, 0.05) is 13.2 Å². The molecule has 39 heavy (non-hydrogen) atoms. The summed E-state index contributed by atoms with van der Waals surface area (Å²) in [5, 5.41) is 0.475. The minimum Gasteiger partial charge on any atom is -0.493 e. The van der Waals surface area contributed by atoms with Crippen molar-refractivity contribution in [3.05, 3.63) is 104 Å². The van der Waals surface area contributed by atoms with E-state index in [0.717, 1.165) is 35.1 Å². The Morgan fingerprint density at radius 3 is 2.51 bits per heavy atom. The van der Waals surface area contributed by atoms with Gasteiger partial charge in [0.25, 0.3) is 5.91 Å². The van der Waals surface area contributed by atoms with Gasteiger partial charge in [-0.25, -0.2) is 0 Å². The second-order valence-corrected chi connectivity index (χ2v) is 10.3. The lowest BCUT2D eigenvalue weighted by molar-refractivity contribution is 0.0486. The SMILES string of the molecule is COc1cc(C2c3c(oc4cc(C)c(C)cc4c3=O)C(=O)N2CC2CCCO2)ccc1OCc1ccccc1. The van der Waals surface area contributed by atoms with Gasteiger partial charge in [0.2, 0.25) is 5.76 Å². The van der Waals surface area contributed by atoms with E-state index in [9.17, 15) is 9.59 Å². The first-order chi connectivity index (χ1) is 18.9. The molecule has 0 bridgehead atoms. The van der Waals surface area contributed by atoms with Crippen LogP contribution in [0.1, 0.15) is 57.3 Å². The minimum absolute atomic E-state index is 0.0878. The van der Waals surface area contributed by atoms with Crippen LogP contribution in [0.3, 0.4) is 0 Å². The summed E-state index contributed by atoms with van der Waals surface area (Å²) in [7, 11) is 1.58. The molecule has 3 aromatic carbocycles. The van der Waals surface area contributed by atoms with Crippen LogP contribution in [0.4, 0.5) is 0 Å². The molecule has 6 rings (SSSR count). The Morgan fingerprint density at radius 1 is 0.974 bits per heavy atom. The summed E-state index contributed by atoms with van der Waals surface area (Å²) in [6.45, 7) is 5.36. The van der Waals surface area contributed by atoms with Gasteiger partial charge in [0.1, 0.15) is 12.2 Å². The molecule has 3 heterocycles. The molecule has 1 saturated heterocycles. The van der Waals surface area contributed by atoms with Gasteiger partial charge < -0.3 is 23.5 Å².